The third kappa shape index (κ3) is 6.34. The van der Waals surface area contributed by atoms with E-state index in [1.165, 1.54) is 0 Å². The first kappa shape index (κ1) is 23.4. The van der Waals surface area contributed by atoms with Crippen molar-refractivity contribution < 1.29 is 8.42 Å². The first-order valence-electron chi connectivity index (χ1n) is 10.5. The Bertz CT molecular complexity index is 1180. The molecule has 0 heterocycles. The third-order valence-electron chi connectivity index (χ3n) is 5.12. The van der Waals surface area contributed by atoms with Crippen LogP contribution in [0.25, 0.3) is 12.2 Å². The summed E-state index contributed by atoms with van der Waals surface area (Å²) >= 11 is 0. The molecule has 0 aliphatic rings. The molecule has 0 saturated heterocycles. The van der Waals surface area contributed by atoms with Crippen molar-refractivity contribution in [2.75, 3.05) is 43.7 Å². The molecule has 0 radical (unpaired) electrons. The minimum Gasteiger partial charge on any atom is -0.378 e. The highest BCUT2D eigenvalue weighted by Gasteiger charge is 2.15. The van der Waals surface area contributed by atoms with Crippen LogP contribution in [0.3, 0.4) is 0 Å². The standard InChI is InChI=1S/C27H30N2O2S/c1-28(2)25-16-12-22(13-17-25)10-11-24(20-23-14-18-26(19-15-23)29(3)4)21-32(30,31)27-8-6-5-7-9-27/h5-20H,21H2,1-4H3. The predicted octanol–water partition coefficient (Wildman–Crippen LogP) is 5.39. The van der Waals surface area contributed by atoms with Gasteiger partial charge in [0, 0.05) is 39.6 Å². The minimum absolute atomic E-state index is 0.0707. The van der Waals surface area contributed by atoms with E-state index < -0.39 is 9.84 Å². The van der Waals surface area contributed by atoms with Crippen LogP contribution in [0, 0.1) is 0 Å². The third-order valence-corrected chi connectivity index (χ3v) is 6.82. The normalized spacial score (nSPS) is 12.2. The smallest absolute Gasteiger partial charge is 0.182 e. The highest BCUT2D eigenvalue weighted by molar-refractivity contribution is 7.91. The Morgan fingerprint density at radius 3 is 1.72 bits per heavy atom. The van der Waals surface area contributed by atoms with E-state index in [9.17, 15) is 8.42 Å². The molecule has 0 unspecified atom stereocenters. The largest absolute Gasteiger partial charge is 0.378 e. The Kier molecular flexibility index (Phi) is 7.54. The molecule has 166 valence electrons. The molecule has 0 atom stereocenters. The monoisotopic (exact) mass is 446 g/mol. The van der Waals surface area contributed by atoms with Gasteiger partial charge in [0.1, 0.15) is 0 Å². The summed E-state index contributed by atoms with van der Waals surface area (Å²) in [5.74, 6) is -0.0707. The van der Waals surface area contributed by atoms with Crippen LogP contribution in [0.1, 0.15) is 11.1 Å². The van der Waals surface area contributed by atoms with Crippen molar-refractivity contribution in [3.63, 3.8) is 0 Å². The van der Waals surface area contributed by atoms with E-state index in [2.05, 4.69) is 0 Å². The van der Waals surface area contributed by atoms with Crippen LogP contribution in [-0.4, -0.2) is 42.4 Å². The molecule has 0 aromatic heterocycles. The summed E-state index contributed by atoms with van der Waals surface area (Å²) in [6, 6.07) is 24.8. The fourth-order valence-corrected chi connectivity index (χ4v) is 4.59. The van der Waals surface area contributed by atoms with Crippen molar-refractivity contribution in [2.45, 2.75) is 4.90 Å². The summed E-state index contributed by atoms with van der Waals surface area (Å²) in [4.78, 5) is 4.41. The lowest BCUT2D eigenvalue weighted by Gasteiger charge is -2.12. The molecule has 0 bridgehead atoms. The quantitative estimate of drug-likeness (QED) is 0.435. The average Bonchev–Trinajstić information content (AvgIpc) is 2.78. The first-order chi connectivity index (χ1) is 15.2. The molecule has 3 rings (SSSR count). The molecular weight excluding hydrogens is 416 g/mol. The maximum atomic E-state index is 13.0. The molecule has 0 aliphatic carbocycles. The van der Waals surface area contributed by atoms with Crippen molar-refractivity contribution >= 4 is 33.4 Å². The summed E-state index contributed by atoms with van der Waals surface area (Å²) in [6.07, 6.45) is 5.79. The maximum absolute atomic E-state index is 13.0. The second-order valence-electron chi connectivity index (χ2n) is 8.10. The predicted molar refractivity (Wildman–Crippen MR) is 137 cm³/mol. The number of rotatable bonds is 8. The average molecular weight is 447 g/mol. The number of benzene rings is 3. The second-order valence-corrected chi connectivity index (χ2v) is 10.1. The molecule has 0 amide bonds. The van der Waals surface area contributed by atoms with Gasteiger partial charge in [-0.25, -0.2) is 8.42 Å². The topological polar surface area (TPSA) is 40.6 Å². The van der Waals surface area contributed by atoms with Gasteiger partial charge in [0.2, 0.25) is 0 Å². The Hall–Kier alpha value is -3.31. The van der Waals surface area contributed by atoms with Crippen LogP contribution in [0.4, 0.5) is 11.4 Å². The molecule has 0 spiro atoms. The molecule has 0 saturated carbocycles. The Labute approximate surface area is 192 Å². The molecule has 0 aliphatic heterocycles. The van der Waals surface area contributed by atoms with Gasteiger partial charge in [0.25, 0.3) is 0 Å². The Morgan fingerprint density at radius 2 is 1.22 bits per heavy atom. The van der Waals surface area contributed by atoms with Crippen molar-refractivity contribution in [2.24, 2.45) is 0 Å². The first-order valence-corrected chi connectivity index (χ1v) is 12.1. The van der Waals surface area contributed by atoms with Gasteiger partial charge in [-0.15, -0.1) is 0 Å². The van der Waals surface area contributed by atoms with Crippen molar-refractivity contribution in [1.82, 2.24) is 0 Å². The van der Waals surface area contributed by atoms with Crippen LogP contribution in [0.2, 0.25) is 0 Å². The fourth-order valence-electron chi connectivity index (χ4n) is 3.24. The van der Waals surface area contributed by atoms with Crippen molar-refractivity contribution in [1.29, 1.82) is 0 Å². The summed E-state index contributed by atoms with van der Waals surface area (Å²) < 4.78 is 26.0. The molecule has 5 heteroatoms. The number of anilines is 2. The van der Waals surface area contributed by atoms with E-state index in [4.69, 9.17) is 0 Å². The second kappa shape index (κ2) is 10.3. The summed E-state index contributed by atoms with van der Waals surface area (Å²) in [5.41, 5.74) is 4.91. The number of sulfone groups is 1. The van der Waals surface area contributed by atoms with E-state index in [1.54, 1.807) is 24.3 Å². The molecular formula is C27H30N2O2S. The Morgan fingerprint density at radius 1 is 0.719 bits per heavy atom. The Balaban J connectivity index is 1.93. The van der Waals surface area contributed by atoms with Gasteiger partial charge in [0.15, 0.2) is 9.84 Å². The van der Waals surface area contributed by atoms with Crippen LogP contribution < -0.4 is 9.80 Å². The van der Waals surface area contributed by atoms with Crippen LogP contribution in [0.5, 0.6) is 0 Å². The summed E-state index contributed by atoms with van der Waals surface area (Å²) in [7, 11) is 4.53. The zero-order valence-corrected chi connectivity index (χ0v) is 19.9. The SMILES string of the molecule is CN(C)c1ccc(C=CC(=Cc2ccc(N(C)C)cc2)CS(=O)(=O)c2ccccc2)cc1. The molecule has 0 fully saturated rings. The summed E-state index contributed by atoms with van der Waals surface area (Å²) in [5, 5.41) is 0. The number of allylic oxidation sites excluding steroid dienone is 1. The van der Waals surface area contributed by atoms with Gasteiger partial charge in [-0.2, -0.15) is 0 Å². The zero-order valence-electron chi connectivity index (χ0n) is 19.1. The summed E-state index contributed by atoms with van der Waals surface area (Å²) in [6.45, 7) is 0. The van der Waals surface area contributed by atoms with E-state index in [-0.39, 0.29) is 5.75 Å². The molecule has 0 N–H and O–H groups in total. The van der Waals surface area contributed by atoms with Gasteiger partial charge in [-0.3, -0.25) is 0 Å². The lowest BCUT2D eigenvalue weighted by molar-refractivity contribution is 0.598. The number of nitrogens with zero attached hydrogens (tertiary/aromatic N) is 2. The van der Waals surface area contributed by atoms with Crippen molar-refractivity contribution in [3.8, 4) is 0 Å². The number of hydrogen-bond donors (Lipinski definition) is 0. The lowest BCUT2D eigenvalue weighted by Crippen LogP contribution is -2.09. The molecule has 3 aromatic carbocycles. The molecule has 4 nitrogen and oxygen atoms in total. The molecule has 3 aromatic rings. The van der Waals surface area contributed by atoms with Gasteiger partial charge in [-0.05, 0) is 53.1 Å². The van der Waals surface area contributed by atoms with E-state index >= 15 is 0 Å². The highest BCUT2D eigenvalue weighted by Crippen LogP contribution is 2.20. The van der Waals surface area contributed by atoms with Gasteiger partial charge in [0.05, 0.1) is 10.6 Å². The van der Waals surface area contributed by atoms with Crippen molar-refractivity contribution in [3.05, 3.63) is 102 Å². The van der Waals surface area contributed by atoms with Crippen LogP contribution >= 0.6 is 0 Å². The fraction of sp³-hybridized carbons (Fsp3) is 0.185. The van der Waals surface area contributed by atoms with E-state index in [1.807, 2.05) is 111 Å². The highest BCUT2D eigenvalue weighted by atomic mass is 32.2. The lowest BCUT2D eigenvalue weighted by atomic mass is 10.1. The number of hydrogen-bond acceptors (Lipinski definition) is 4. The van der Waals surface area contributed by atoms with E-state index in [0.717, 1.165) is 28.1 Å². The van der Waals surface area contributed by atoms with Crippen LogP contribution in [-0.2, 0) is 9.84 Å². The zero-order chi connectivity index (χ0) is 23.1. The van der Waals surface area contributed by atoms with Gasteiger partial charge >= 0.3 is 0 Å². The van der Waals surface area contributed by atoms with Crippen LogP contribution in [0.15, 0.2) is 95.4 Å². The van der Waals surface area contributed by atoms with E-state index in [0.29, 0.717) is 4.90 Å². The maximum Gasteiger partial charge on any atom is 0.182 e. The van der Waals surface area contributed by atoms with Gasteiger partial charge in [-0.1, -0.05) is 60.7 Å². The molecule has 32 heavy (non-hydrogen) atoms. The van der Waals surface area contributed by atoms with Gasteiger partial charge < -0.3 is 9.80 Å². The minimum atomic E-state index is -3.46.